The van der Waals surface area contributed by atoms with E-state index in [1.165, 1.54) is 0 Å². The van der Waals surface area contributed by atoms with E-state index in [1.807, 2.05) is 4.90 Å². The summed E-state index contributed by atoms with van der Waals surface area (Å²) in [6.07, 6.45) is 3.28. The molecular formula is C17H28N6O2. The maximum absolute atomic E-state index is 11.6. The topological polar surface area (TPSA) is 101 Å². The Morgan fingerprint density at radius 1 is 1.04 bits per heavy atom. The van der Waals surface area contributed by atoms with Crippen LogP contribution in [0.25, 0.3) is 0 Å². The van der Waals surface area contributed by atoms with Crippen LogP contribution in [0, 0.1) is 27.9 Å². The Kier molecular flexibility index (Phi) is 4.96. The predicted molar refractivity (Wildman–Crippen MR) is 98.9 cm³/mol. The van der Waals surface area contributed by atoms with Gasteiger partial charge in [-0.1, -0.05) is 20.8 Å². The summed E-state index contributed by atoms with van der Waals surface area (Å²) in [5, 5.41) is 11.6. The van der Waals surface area contributed by atoms with Gasteiger partial charge in [0.15, 0.2) is 0 Å². The molecule has 0 saturated carbocycles. The van der Waals surface area contributed by atoms with Crippen molar-refractivity contribution < 1.29 is 4.92 Å². The highest BCUT2D eigenvalue weighted by Crippen LogP contribution is 2.36. The minimum atomic E-state index is -0.448. The minimum absolute atomic E-state index is 0.0329. The van der Waals surface area contributed by atoms with Crippen molar-refractivity contribution in [2.45, 2.75) is 40.0 Å². The lowest BCUT2D eigenvalue weighted by Crippen LogP contribution is -2.40. The first-order chi connectivity index (χ1) is 11.8. The Labute approximate surface area is 148 Å². The second kappa shape index (κ2) is 7.01. The van der Waals surface area contributed by atoms with Gasteiger partial charge in [-0.25, -0.2) is 0 Å². The monoisotopic (exact) mass is 348 g/mol. The number of nitrogen functional groups attached to an aromatic ring is 1. The second-order valence-electron chi connectivity index (χ2n) is 7.86. The number of rotatable bonds is 3. The molecule has 2 fully saturated rings. The molecule has 3 heterocycles. The molecule has 2 saturated heterocycles. The van der Waals surface area contributed by atoms with E-state index in [0.29, 0.717) is 29.5 Å². The number of hydrogen-bond acceptors (Lipinski definition) is 7. The lowest BCUT2D eigenvalue weighted by Gasteiger charge is -2.36. The van der Waals surface area contributed by atoms with Crippen LogP contribution in [0.1, 0.15) is 40.0 Å². The summed E-state index contributed by atoms with van der Waals surface area (Å²) in [5.41, 5.74) is 5.83. The molecule has 0 amide bonds. The molecule has 0 radical (unpaired) electrons. The average Bonchev–Trinajstić information content (AvgIpc) is 2.53. The molecule has 2 atom stereocenters. The molecule has 1 aromatic heterocycles. The summed E-state index contributed by atoms with van der Waals surface area (Å²) in [6, 6.07) is 0. The van der Waals surface area contributed by atoms with Crippen molar-refractivity contribution in [2.75, 3.05) is 41.7 Å². The molecule has 0 aliphatic carbocycles. The first-order valence-corrected chi connectivity index (χ1v) is 9.17. The van der Waals surface area contributed by atoms with Gasteiger partial charge >= 0.3 is 5.69 Å². The molecule has 8 heteroatoms. The van der Waals surface area contributed by atoms with Crippen LogP contribution < -0.4 is 15.5 Å². The number of piperidine rings is 2. The summed E-state index contributed by atoms with van der Waals surface area (Å²) < 4.78 is 0. The van der Waals surface area contributed by atoms with Crippen LogP contribution in [-0.2, 0) is 0 Å². The third kappa shape index (κ3) is 3.77. The van der Waals surface area contributed by atoms with Crippen molar-refractivity contribution >= 4 is 23.3 Å². The first kappa shape index (κ1) is 17.7. The van der Waals surface area contributed by atoms with Crippen LogP contribution >= 0.6 is 0 Å². The van der Waals surface area contributed by atoms with Crippen LogP contribution in [0.3, 0.4) is 0 Å². The molecule has 3 rings (SSSR count). The van der Waals surface area contributed by atoms with E-state index >= 15 is 0 Å². The maximum atomic E-state index is 11.6. The lowest BCUT2D eigenvalue weighted by molar-refractivity contribution is -0.383. The van der Waals surface area contributed by atoms with E-state index in [-0.39, 0.29) is 11.5 Å². The summed E-state index contributed by atoms with van der Waals surface area (Å²) >= 11 is 0. The molecule has 25 heavy (non-hydrogen) atoms. The number of nitro groups is 1. The Hall–Kier alpha value is -2.12. The Morgan fingerprint density at radius 2 is 1.64 bits per heavy atom. The first-order valence-electron chi connectivity index (χ1n) is 9.17. The molecule has 1 aromatic rings. The molecule has 8 nitrogen and oxygen atoms in total. The summed E-state index contributed by atoms with van der Waals surface area (Å²) in [4.78, 5) is 24.1. The van der Waals surface area contributed by atoms with Gasteiger partial charge in [0.05, 0.1) is 4.92 Å². The highest BCUT2D eigenvalue weighted by Gasteiger charge is 2.32. The third-order valence-electron chi connectivity index (χ3n) is 5.30. The molecule has 0 aromatic carbocycles. The van der Waals surface area contributed by atoms with Crippen LogP contribution in [0.15, 0.2) is 0 Å². The molecule has 2 unspecified atom stereocenters. The van der Waals surface area contributed by atoms with Crippen LogP contribution in [-0.4, -0.2) is 41.1 Å². The van der Waals surface area contributed by atoms with E-state index in [1.54, 1.807) is 0 Å². The van der Waals surface area contributed by atoms with Gasteiger partial charge in [0.1, 0.15) is 0 Å². The smallest absolute Gasteiger partial charge is 0.353 e. The second-order valence-corrected chi connectivity index (χ2v) is 7.86. The van der Waals surface area contributed by atoms with Crippen molar-refractivity contribution in [3.8, 4) is 0 Å². The zero-order valence-corrected chi connectivity index (χ0v) is 15.3. The highest BCUT2D eigenvalue weighted by atomic mass is 16.6. The van der Waals surface area contributed by atoms with Crippen LogP contribution in [0.4, 0.5) is 23.3 Å². The molecule has 2 aliphatic rings. The van der Waals surface area contributed by atoms with Gasteiger partial charge in [0, 0.05) is 26.2 Å². The van der Waals surface area contributed by atoms with E-state index in [9.17, 15) is 10.1 Å². The standard InChI is InChI=1S/C17H28N6O2/c1-11-4-6-21(7-5-11)17-19-15(18)14(23(24)25)16(20-17)22-9-12(2)8-13(3)10-22/h11-13H,4-10H2,1-3H3,(H2,18,19,20). The van der Waals surface area contributed by atoms with Gasteiger partial charge in [-0.15, -0.1) is 0 Å². The fourth-order valence-corrected chi connectivity index (χ4v) is 4.03. The van der Waals surface area contributed by atoms with Crippen molar-refractivity contribution in [1.82, 2.24) is 9.97 Å². The van der Waals surface area contributed by atoms with Gasteiger partial charge in [-0.2, -0.15) is 9.97 Å². The van der Waals surface area contributed by atoms with E-state index in [0.717, 1.165) is 45.4 Å². The van der Waals surface area contributed by atoms with Gasteiger partial charge in [-0.3, -0.25) is 10.1 Å². The molecule has 138 valence electrons. The summed E-state index contributed by atoms with van der Waals surface area (Å²) in [5.74, 6) is 2.50. The van der Waals surface area contributed by atoms with Gasteiger partial charge in [0.2, 0.25) is 17.6 Å². The number of nitrogens with two attached hydrogens (primary N) is 1. The zero-order chi connectivity index (χ0) is 18.1. The third-order valence-corrected chi connectivity index (χ3v) is 5.30. The fourth-order valence-electron chi connectivity index (χ4n) is 4.03. The van der Waals surface area contributed by atoms with Crippen molar-refractivity contribution in [3.63, 3.8) is 0 Å². The van der Waals surface area contributed by atoms with E-state index in [4.69, 9.17) is 5.73 Å². The van der Waals surface area contributed by atoms with Crippen LogP contribution in [0.2, 0.25) is 0 Å². The molecule has 2 aliphatic heterocycles. The molecule has 2 N–H and O–H groups in total. The quantitative estimate of drug-likeness (QED) is 0.662. The number of aromatic nitrogens is 2. The fraction of sp³-hybridized carbons (Fsp3) is 0.765. The minimum Gasteiger partial charge on any atom is -0.378 e. The van der Waals surface area contributed by atoms with Crippen molar-refractivity contribution in [2.24, 2.45) is 17.8 Å². The molecule has 0 bridgehead atoms. The number of anilines is 3. The zero-order valence-electron chi connectivity index (χ0n) is 15.3. The normalized spacial score (nSPS) is 25.2. The van der Waals surface area contributed by atoms with Crippen molar-refractivity contribution in [1.29, 1.82) is 0 Å². The van der Waals surface area contributed by atoms with E-state index < -0.39 is 4.92 Å². The Morgan fingerprint density at radius 3 is 2.20 bits per heavy atom. The van der Waals surface area contributed by atoms with Gasteiger partial charge < -0.3 is 15.5 Å². The van der Waals surface area contributed by atoms with Gasteiger partial charge in [-0.05, 0) is 37.0 Å². The predicted octanol–water partition coefficient (Wildman–Crippen LogP) is 2.69. The number of hydrogen-bond donors (Lipinski definition) is 1. The molecular weight excluding hydrogens is 320 g/mol. The summed E-state index contributed by atoms with van der Waals surface area (Å²) in [6.45, 7) is 9.84. The largest absolute Gasteiger partial charge is 0.378 e. The lowest BCUT2D eigenvalue weighted by atomic mass is 9.92. The van der Waals surface area contributed by atoms with E-state index in [2.05, 4.69) is 35.6 Å². The SMILES string of the molecule is CC1CCN(c2nc(N)c([N+](=O)[O-])c(N3CC(C)CC(C)C3)n2)CC1. The molecule has 0 spiro atoms. The van der Waals surface area contributed by atoms with Crippen LogP contribution in [0.5, 0.6) is 0 Å². The number of nitrogens with zero attached hydrogens (tertiary/aromatic N) is 5. The highest BCUT2D eigenvalue weighted by molar-refractivity contribution is 5.71. The maximum Gasteiger partial charge on any atom is 0.353 e. The Bertz CT molecular complexity index is 634. The summed E-state index contributed by atoms with van der Waals surface area (Å²) in [7, 11) is 0. The Balaban J connectivity index is 1.97. The van der Waals surface area contributed by atoms with Crippen molar-refractivity contribution in [3.05, 3.63) is 10.1 Å². The average molecular weight is 348 g/mol. The van der Waals surface area contributed by atoms with Gasteiger partial charge in [0.25, 0.3) is 0 Å².